The van der Waals surface area contributed by atoms with Gasteiger partial charge in [0.05, 0.1) is 18.2 Å². The normalized spacial score (nSPS) is 19.4. The molecule has 2 rings (SSSR count). The number of rotatable bonds is 2. The molecule has 0 fully saturated rings. The summed E-state index contributed by atoms with van der Waals surface area (Å²) >= 11 is 0. The lowest BCUT2D eigenvalue weighted by atomic mass is 10.0. The highest BCUT2D eigenvalue weighted by Crippen LogP contribution is 2.27. The third kappa shape index (κ3) is 1.29. The van der Waals surface area contributed by atoms with Crippen LogP contribution >= 0.6 is 0 Å². The van der Waals surface area contributed by atoms with Crippen LogP contribution in [-0.2, 0) is 6.54 Å². The zero-order chi connectivity index (χ0) is 10.1. The number of carboxylic acid groups (broad SMARTS) is 1. The highest BCUT2D eigenvalue weighted by Gasteiger charge is 2.24. The van der Waals surface area contributed by atoms with Crippen LogP contribution in [0.15, 0.2) is 18.2 Å². The summed E-state index contributed by atoms with van der Waals surface area (Å²) in [5.41, 5.74) is 2.01. The summed E-state index contributed by atoms with van der Waals surface area (Å²) in [5.74, 6) is -0.915. The summed E-state index contributed by atoms with van der Waals surface area (Å²) < 4.78 is 0. The van der Waals surface area contributed by atoms with Crippen molar-refractivity contribution in [2.45, 2.75) is 12.6 Å². The van der Waals surface area contributed by atoms with Crippen LogP contribution in [0.2, 0.25) is 0 Å². The minimum Gasteiger partial charge on any atom is -0.478 e. The Hall–Kier alpha value is -1.39. The Morgan fingerprint density at radius 2 is 2.36 bits per heavy atom. The molecular formula is C10H11NO3. The first kappa shape index (κ1) is 9.18. The van der Waals surface area contributed by atoms with E-state index in [1.54, 1.807) is 12.1 Å². The van der Waals surface area contributed by atoms with E-state index >= 15 is 0 Å². The molecule has 1 aliphatic rings. The van der Waals surface area contributed by atoms with Gasteiger partial charge in [-0.2, -0.15) is 0 Å². The molecule has 4 heteroatoms. The second-order valence-electron chi connectivity index (χ2n) is 3.29. The van der Waals surface area contributed by atoms with E-state index < -0.39 is 5.97 Å². The minimum atomic E-state index is -0.915. The maximum absolute atomic E-state index is 10.9. The Kier molecular flexibility index (Phi) is 2.23. The Morgan fingerprint density at radius 3 is 3.00 bits per heavy atom. The monoisotopic (exact) mass is 193 g/mol. The average Bonchev–Trinajstić information content (AvgIpc) is 2.59. The number of aromatic carboxylic acids is 1. The molecule has 3 N–H and O–H groups in total. The highest BCUT2D eigenvalue weighted by atomic mass is 16.4. The number of carbonyl (C=O) groups is 1. The molecule has 0 unspecified atom stereocenters. The summed E-state index contributed by atoms with van der Waals surface area (Å²) in [7, 11) is 0. The molecule has 1 atom stereocenters. The van der Waals surface area contributed by atoms with Gasteiger partial charge in [-0.25, -0.2) is 4.79 Å². The first-order valence-corrected chi connectivity index (χ1v) is 4.43. The molecule has 0 aromatic heterocycles. The summed E-state index contributed by atoms with van der Waals surface area (Å²) in [6.07, 6.45) is 0. The molecule has 1 aliphatic heterocycles. The van der Waals surface area contributed by atoms with Crippen LogP contribution < -0.4 is 5.32 Å². The van der Waals surface area contributed by atoms with E-state index in [9.17, 15) is 4.79 Å². The summed E-state index contributed by atoms with van der Waals surface area (Å²) in [5, 5.41) is 21.0. The third-order valence-electron chi connectivity index (χ3n) is 2.53. The lowest BCUT2D eigenvalue weighted by Crippen LogP contribution is -2.15. The first-order valence-electron chi connectivity index (χ1n) is 4.43. The largest absolute Gasteiger partial charge is 0.478 e. The molecule has 74 valence electrons. The number of nitrogens with one attached hydrogen (secondary N) is 1. The highest BCUT2D eigenvalue weighted by molar-refractivity contribution is 5.90. The Balaban J connectivity index is 2.49. The van der Waals surface area contributed by atoms with Crippen LogP contribution in [0.5, 0.6) is 0 Å². The summed E-state index contributed by atoms with van der Waals surface area (Å²) in [6, 6.07) is 5.02. The second-order valence-corrected chi connectivity index (χ2v) is 3.29. The minimum absolute atomic E-state index is 0.00390. The molecule has 0 bridgehead atoms. The van der Waals surface area contributed by atoms with E-state index in [4.69, 9.17) is 10.2 Å². The van der Waals surface area contributed by atoms with E-state index in [-0.39, 0.29) is 12.6 Å². The number of carboxylic acids is 1. The predicted octanol–water partition coefficient (Wildman–Crippen LogP) is 0.521. The number of aliphatic hydroxyl groups excluding tert-OH is 1. The van der Waals surface area contributed by atoms with Crippen molar-refractivity contribution in [1.29, 1.82) is 0 Å². The van der Waals surface area contributed by atoms with Gasteiger partial charge >= 0.3 is 5.97 Å². The fraction of sp³-hybridized carbons (Fsp3) is 0.300. The van der Waals surface area contributed by atoms with Gasteiger partial charge in [-0.1, -0.05) is 12.1 Å². The lowest BCUT2D eigenvalue weighted by molar-refractivity contribution is 0.0695. The molecule has 1 aromatic rings. The molecule has 0 saturated carbocycles. The molecule has 4 nitrogen and oxygen atoms in total. The van der Waals surface area contributed by atoms with Gasteiger partial charge in [0.2, 0.25) is 0 Å². The molecular weight excluding hydrogens is 182 g/mol. The van der Waals surface area contributed by atoms with Gasteiger partial charge < -0.3 is 15.5 Å². The van der Waals surface area contributed by atoms with Crippen molar-refractivity contribution in [2.24, 2.45) is 0 Å². The average molecular weight is 193 g/mol. The fourth-order valence-electron chi connectivity index (χ4n) is 1.83. The van der Waals surface area contributed by atoms with Crippen molar-refractivity contribution >= 4 is 5.97 Å². The van der Waals surface area contributed by atoms with Crippen LogP contribution in [0.3, 0.4) is 0 Å². The second kappa shape index (κ2) is 3.40. The topological polar surface area (TPSA) is 69.6 Å². The van der Waals surface area contributed by atoms with Gasteiger partial charge in [-0.3, -0.25) is 0 Å². The maximum atomic E-state index is 10.9. The number of aliphatic hydroxyl groups is 1. The van der Waals surface area contributed by atoms with Gasteiger partial charge in [0.15, 0.2) is 0 Å². The van der Waals surface area contributed by atoms with Crippen molar-refractivity contribution in [3.05, 3.63) is 34.9 Å². The molecule has 0 radical (unpaired) electrons. The quantitative estimate of drug-likeness (QED) is 0.640. The molecule has 1 heterocycles. The smallest absolute Gasteiger partial charge is 0.336 e. The predicted molar refractivity (Wildman–Crippen MR) is 50.1 cm³/mol. The van der Waals surface area contributed by atoms with Crippen molar-refractivity contribution in [3.63, 3.8) is 0 Å². The van der Waals surface area contributed by atoms with Crippen LogP contribution in [0, 0.1) is 0 Å². The van der Waals surface area contributed by atoms with E-state index in [0.29, 0.717) is 12.1 Å². The van der Waals surface area contributed by atoms with Crippen LogP contribution in [0.1, 0.15) is 27.5 Å². The molecule has 0 amide bonds. The van der Waals surface area contributed by atoms with Crippen LogP contribution in [0.25, 0.3) is 0 Å². The number of hydrogen-bond acceptors (Lipinski definition) is 3. The van der Waals surface area contributed by atoms with Crippen LogP contribution in [-0.4, -0.2) is 22.8 Å². The van der Waals surface area contributed by atoms with Gasteiger partial charge in [0, 0.05) is 6.54 Å². The van der Waals surface area contributed by atoms with E-state index in [1.807, 2.05) is 6.07 Å². The Bertz CT molecular complexity index is 376. The van der Waals surface area contributed by atoms with Gasteiger partial charge in [0.25, 0.3) is 0 Å². The Morgan fingerprint density at radius 1 is 1.57 bits per heavy atom. The number of fused-ring (bicyclic) bond motifs is 1. The standard InChI is InChI=1S/C10H11NO3/c12-5-9-6-2-1-3-7(10(13)14)8(6)4-11-9/h1-3,9,11-12H,4-5H2,(H,13,14)/t9-/m1/s1. The number of hydrogen-bond donors (Lipinski definition) is 3. The third-order valence-corrected chi connectivity index (χ3v) is 2.53. The van der Waals surface area contributed by atoms with Gasteiger partial charge in [-0.05, 0) is 17.2 Å². The lowest BCUT2D eigenvalue weighted by Gasteiger charge is -2.07. The van der Waals surface area contributed by atoms with Crippen molar-refractivity contribution in [3.8, 4) is 0 Å². The zero-order valence-corrected chi connectivity index (χ0v) is 7.53. The van der Waals surface area contributed by atoms with Crippen molar-refractivity contribution in [2.75, 3.05) is 6.61 Å². The van der Waals surface area contributed by atoms with Crippen molar-refractivity contribution in [1.82, 2.24) is 5.32 Å². The van der Waals surface area contributed by atoms with Crippen molar-refractivity contribution < 1.29 is 15.0 Å². The molecule has 0 saturated heterocycles. The SMILES string of the molecule is O=C(O)c1cccc2c1CN[C@@H]2CO. The Labute approximate surface area is 81.2 Å². The summed E-state index contributed by atoms with van der Waals surface area (Å²) in [6.45, 7) is 0.513. The van der Waals surface area contributed by atoms with Crippen LogP contribution in [0.4, 0.5) is 0 Å². The molecule has 14 heavy (non-hydrogen) atoms. The van der Waals surface area contributed by atoms with E-state index in [0.717, 1.165) is 11.1 Å². The van der Waals surface area contributed by atoms with E-state index in [1.165, 1.54) is 0 Å². The molecule has 1 aromatic carbocycles. The van der Waals surface area contributed by atoms with Gasteiger partial charge in [-0.15, -0.1) is 0 Å². The number of benzene rings is 1. The molecule has 0 spiro atoms. The maximum Gasteiger partial charge on any atom is 0.336 e. The van der Waals surface area contributed by atoms with Gasteiger partial charge in [0.1, 0.15) is 0 Å². The summed E-state index contributed by atoms with van der Waals surface area (Å²) in [4.78, 5) is 10.9. The zero-order valence-electron chi connectivity index (χ0n) is 7.53. The fourth-order valence-corrected chi connectivity index (χ4v) is 1.83. The van der Waals surface area contributed by atoms with E-state index in [2.05, 4.69) is 5.32 Å². The molecule has 0 aliphatic carbocycles. The first-order chi connectivity index (χ1) is 6.74.